The normalized spacial score (nSPS) is 20.6. The molecular formula is C11H20N2O2S. The number of sulfonamides is 1. The van der Waals surface area contributed by atoms with Gasteiger partial charge >= 0.3 is 0 Å². The fraction of sp³-hybridized carbons (Fsp3) is 0.909. The summed E-state index contributed by atoms with van der Waals surface area (Å²) in [5.41, 5.74) is -0.785. The van der Waals surface area contributed by atoms with E-state index in [-0.39, 0.29) is 5.75 Å². The summed E-state index contributed by atoms with van der Waals surface area (Å²) in [5.74, 6) is 0.132. The molecule has 0 N–H and O–H groups in total. The minimum Gasteiger partial charge on any atom is -0.212 e. The lowest BCUT2D eigenvalue weighted by Crippen LogP contribution is -2.50. The zero-order valence-corrected chi connectivity index (χ0v) is 10.9. The average Bonchev–Trinajstić information content (AvgIpc) is 2.29. The van der Waals surface area contributed by atoms with Crippen LogP contribution >= 0.6 is 0 Å². The largest absolute Gasteiger partial charge is 0.215 e. The van der Waals surface area contributed by atoms with Gasteiger partial charge in [0.1, 0.15) is 5.54 Å². The molecule has 0 radical (unpaired) electrons. The molecule has 0 saturated heterocycles. The molecule has 92 valence electrons. The third kappa shape index (κ3) is 2.55. The monoisotopic (exact) mass is 244 g/mol. The van der Waals surface area contributed by atoms with Crippen LogP contribution in [0.4, 0.5) is 0 Å². The van der Waals surface area contributed by atoms with E-state index in [9.17, 15) is 13.7 Å². The summed E-state index contributed by atoms with van der Waals surface area (Å²) in [4.78, 5) is 0. The highest BCUT2D eigenvalue weighted by molar-refractivity contribution is 7.89. The molecule has 0 aromatic carbocycles. The van der Waals surface area contributed by atoms with Crippen LogP contribution in [-0.4, -0.2) is 31.1 Å². The maximum Gasteiger partial charge on any atom is 0.215 e. The molecule has 1 rings (SSSR count). The van der Waals surface area contributed by atoms with Crippen molar-refractivity contribution in [2.45, 2.75) is 51.0 Å². The van der Waals surface area contributed by atoms with Gasteiger partial charge in [-0.2, -0.15) is 9.57 Å². The quantitative estimate of drug-likeness (QED) is 0.758. The van der Waals surface area contributed by atoms with Crippen molar-refractivity contribution in [3.05, 3.63) is 0 Å². The molecule has 0 bridgehead atoms. The van der Waals surface area contributed by atoms with Gasteiger partial charge in [0.2, 0.25) is 10.0 Å². The highest BCUT2D eigenvalue weighted by atomic mass is 32.2. The van der Waals surface area contributed by atoms with Crippen molar-refractivity contribution in [3.8, 4) is 6.07 Å². The maximum absolute atomic E-state index is 12.0. The van der Waals surface area contributed by atoms with Gasteiger partial charge in [-0.15, -0.1) is 0 Å². The minimum absolute atomic E-state index is 0.132. The Morgan fingerprint density at radius 1 is 1.31 bits per heavy atom. The van der Waals surface area contributed by atoms with Crippen LogP contribution in [0.25, 0.3) is 0 Å². The molecule has 1 aliphatic carbocycles. The van der Waals surface area contributed by atoms with Crippen LogP contribution in [0.2, 0.25) is 0 Å². The number of rotatable bonds is 4. The lowest BCUT2D eigenvalue weighted by Gasteiger charge is -2.37. The van der Waals surface area contributed by atoms with E-state index in [0.717, 1.165) is 19.3 Å². The van der Waals surface area contributed by atoms with Crippen LogP contribution in [0.1, 0.15) is 45.4 Å². The lowest BCUT2D eigenvalue weighted by atomic mass is 9.83. The summed E-state index contributed by atoms with van der Waals surface area (Å²) < 4.78 is 25.3. The number of nitrogens with zero attached hydrogens (tertiary/aromatic N) is 2. The Kier molecular flexibility index (Phi) is 4.34. The summed E-state index contributed by atoms with van der Waals surface area (Å²) in [6, 6.07) is 2.23. The van der Waals surface area contributed by atoms with Crippen LogP contribution in [-0.2, 0) is 10.0 Å². The van der Waals surface area contributed by atoms with Crippen molar-refractivity contribution in [3.63, 3.8) is 0 Å². The van der Waals surface area contributed by atoms with Gasteiger partial charge in [0.25, 0.3) is 0 Å². The van der Waals surface area contributed by atoms with Crippen molar-refractivity contribution in [1.29, 1.82) is 5.26 Å². The third-order valence-corrected chi connectivity index (χ3v) is 5.48. The minimum atomic E-state index is -3.27. The van der Waals surface area contributed by atoms with Crippen LogP contribution in [0.15, 0.2) is 0 Å². The second-order valence-electron chi connectivity index (χ2n) is 4.49. The molecule has 0 aromatic heterocycles. The van der Waals surface area contributed by atoms with Crippen molar-refractivity contribution in [1.82, 2.24) is 4.31 Å². The van der Waals surface area contributed by atoms with E-state index in [4.69, 9.17) is 0 Å². The van der Waals surface area contributed by atoms with Gasteiger partial charge in [-0.1, -0.05) is 26.2 Å². The first-order chi connectivity index (χ1) is 7.48. The van der Waals surface area contributed by atoms with Gasteiger partial charge in [-0.3, -0.25) is 0 Å². The first-order valence-electron chi connectivity index (χ1n) is 5.86. The van der Waals surface area contributed by atoms with E-state index in [0.29, 0.717) is 19.3 Å². The second-order valence-corrected chi connectivity index (χ2v) is 6.61. The molecule has 1 aliphatic rings. The van der Waals surface area contributed by atoms with Crippen molar-refractivity contribution < 1.29 is 8.42 Å². The Balaban J connectivity index is 2.93. The first kappa shape index (κ1) is 13.5. The summed E-state index contributed by atoms with van der Waals surface area (Å²) in [6.45, 7) is 1.84. The van der Waals surface area contributed by atoms with Gasteiger partial charge in [0.05, 0.1) is 11.8 Å². The molecule has 0 aromatic rings. The Labute approximate surface area is 98.3 Å². The third-order valence-electron chi connectivity index (χ3n) is 3.37. The Hall–Kier alpha value is -0.600. The SMILES string of the molecule is CCCS(=O)(=O)N(C)C1(C#N)CCCCC1. The summed E-state index contributed by atoms with van der Waals surface area (Å²) in [6.07, 6.45) is 4.92. The molecule has 4 nitrogen and oxygen atoms in total. The molecule has 0 spiro atoms. The van der Waals surface area contributed by atoms with Crippen molar-refractivity contribution >= 4 is 10.0 Å². The standard InChI is InChI=1S/C11H20N2O2S/c1-3-9-16(14,15)13(2)11(10-12)7-5-4-6-8-11/h3-9H2,1-2H3. The van der Waals surface area contributed by atoms with E-state index in [1.54, 1.807) is 7.05 Å². The number of hydrogen-bond acceptors (Lipinski definition) is 3. The maximum atomic E-state index is 12.0. The predicted molar refractivity (Wildman–Crippen MR) is 63.3 cm³/mol. The van der Waals surface area contributed by atoms with Crippen LogP contribution in [0.5, 0.6) is 0 Å². The molecule has 0 amide bonds. The summed E-state index contributed by atoms with van der Waals surface area (Å²) in [5, 5.41) is 9.29. The second kappa shape index (κ2) is 5.15. The van der Waals surface area contributed by atoms with Gasteiger partial charge in [-0.25, -0.2) is 8.42 Å². The predicted octanol–water partition coefficient (Wildman–Crippen LogP) is 1.88. The van der Waals surface area contributed by atoms with Gasteiger partial charge in [0.15, 0.2) is 0 Å². The zero-order valence-electron chi connectivity index (χ0n) is 10.1. The molecule has 0 aliphatic heterocycles. The summed E-state index contributed by atoms with van der Waals surface area (Å²) in [7, 11) is -1.71. The van der Waals surface area contributed by atoms with E-state index < -0.39 is 15.6 Å². The molecule has 0 unspecified atom stereocenters. The summed E-state index contributed by atoms with van der Waals surface area (Å²) >= 11 is 0. The molecule has 16 heavy (non-hydrogen) atoms. The van der Waals surface area contributed by atoms with Crippen molar-refractivity contribution in [2.75, 3.05) is 12.8 Å². The van der Waals surface area contributed by atoms with E-state index in [2.05, 4.69) is 6.07 Å². The van der Waals surface area contributed by atoms with Crippen LogP contribution in [0, 0.1) is 11.3 Å². The average molecular weight is 244 g/mol. The fourth-order valence-corrected chi connectivity index (χ4v) is 3.84. The molecule has 1 saturated carbocycles. The van der Waals surface area contributed by atoms with E-state index in [1.165, 1.54) is 4.31 Å². The Morgan fingerprint density at radius 2 is 1.88 bits per heavy atom. The van der Waals surface area contributed by atoms with E-state index in [1.807, 2.05) is 6.92 Å². The smallest absolute Gasteiger partial charge is 0.212 e. The van der Waals surface area contributed by atoms with Crippen molar-refractivity contribution in [2.24, 2.45) is 0 Å². The Morgan fingerprint density at radius 3 is 2.31 bits per heavy atom. The highest BCUT2D eigenvalue weighted by Gasteiger charge is 2.41. The van der Waals surface area contributed by atoms with Crippen LogP contribution in [0.3, 0.4) is 0 Å². The van der Waals surface area contributed by atoms with Gasteiger partial charge < -0.3 is 0 Å². The molecular weight excluding hydrogens is 224 g/mol. The molecule has 0 heterocycles. The van der Waals surface area contributed by atoms with Crippen LogP contribution < -0.4 is 0 Å². The van der Waals surface area contributed by atoms with Gasteiger partial charge in [0, 0.05) is 7.05 Å². The lowest BCUT2D eigenvalue weighted by molar-refractivity contribution is 0.212. The number of hydrogen-bond donors (Lipinski definition) is 0. The van der Waals surface area contributed by atoms with E-state index >= 15 is 0 Å². The zero-order chi connectivity index (χ0) is 12.2. The Bertz CT molecular complexity index is 364. The highest BCUT2D eigenvalue weighted by Crippen LogP contribution is 2.34. The molecule has 0 atom stereocenters. The molecule has 5 heteroatoms. The number of nitriles is 1. The van der Waals surface area contributed by atoms with Gasteiger partial charge in [-0.05, 0) is 19.3 Å². The topological polar surface area (TPSA) is 61.2 Å². The fourth-order valence-electron chi connectivity index (χ4n) is 2.29. The molecule has 1 fully saturated rings. The first-order valence-corrected chi connectivity index (χ1v) is 7.47.